The summed E-state index contributed by atoms with van der Waals surface area (Å²) in [5, 5.41) is 0. The summed E-state index contributed by atoms with van der Waals surface area (Å²) in [4.78, 5) is 32.3. The average Bonchev–Trinajstić information content (AvgIpc) is 3.07. The van der Waals surface area contributed by atoms with E-state index in [1.54, 1.807) is 9.80 Å². The van der Waals surface area contributed by atoms with E-state index in [2.05, 4.69) is 4.98 Å². The van der Waals surface area contributed by atoms with Crippen LogP contribution in [0.1, 0.15) is 23.1 Å². The number of hydrogen-bond donors (Lipinski definition) is 0. The molecule has 2 aliphatic rings. The van der Waals surface area contributed by atoms with Crippen molar-refractivity contribution in [2.75, 3.05) is 24.5 Å². The number of aryl methyl sites for hydroxylation is 2. The Bertz CT molecular complexity index is 1020. The quantitative estimate of drug-likeness (QED) is 0.742. The summed E-state index contributed by atoms with van der Waals surface area (Å²) in [5.41, 5.74) is 2.15. The molecule has 2 saturated heterocycles. The molecule has 4 rings (SSSR count). The first-order chi connectivity index (χ1) is 14.6. The molecule has 0 aliphatic carbocycles. The lowest BCUT2D eigenvalue weighted by atomic mass is 10.0. The minimum absolute atomic E-state index is 0.0944. The number of alkyl halides is 3. The zero-order valence-electron chi connectivity index (χ0n) is 17.1. The van der Waals surface area contributed by atoms with Gasteiger partial charge in [-0.3, -0.25) is 9.59 Å². The molecule has 3 heterocycles. The van der Waals surface area contributed by atoms with Gasteiger partial charge in [0.2, 0.25) is 17.7 Å². The van der Waals surface area contributed by atoms with Gasteiger partial charge in [-0.25, -0.2) is 4.98 Å². The average molecular weight is 433 g/mol. The Morgan fingerprint density at radius 3 is 2.52 bits per heavy atom. The normalized spacial score (nSPS) is 19.5. The van der Waals surface area contributed by atoms with Crippen molar-refractivity contribution in [3.8, 4) is 5.88 Å². The molecule has 1 aromatic carbocycles. The Morgan fingerprint density at radius 2 is 1.84 bits per heavy atom. The predicted octanol–water partition coefficient (Wildman–Crippen LogP) is 3.36. The topological polar surface area (TPSA) is 62.7 Å². The summed E-state index contributed by atoms with van der Waals surface area (Å²) in [6.07, 6.45) is -3.71. The second kappa shape index (κ2) is 7.86. The largest absolute Gasteiger partial charge is 0.471 e. The lowest BCUT2D eigenvalue weighted by molar-refractivity contribution is -0.144. The molecule has 0 N–H and O–H groups in total. The highest BCUT2D eigenvalue weighted by atomic mass is 19.4. The van der Waals surface area contributed by atoms with Gasteiger partial charge in [0, 0.05) is 30.9 Å². The molecule has 31 heavy (non-hydrogen) atoms. The Balaban J connectivity index is 1.33. The smallest absolute Gasteiger partial charge is 0.416 e. The number of amides is 2. The predicted molar refractivity (Wildman–Crippen MR) is 107 cm³/mol. The van der Waals surface area contributed by atoms with Crippen LogP contribution in [0.2, 0.25) is 0 Å². The molecule has 2 aliphatic heterocycles. The van der Waals surface area contributed by atoms with Gasteiger partial charge in [0.1, 0.15) is 6.10 Å². The Labute approximate surface area is 177 Å². The number of carbonyl (C=O) groups is 2. The third-order valence-electron chi connectivity index (χ3n) is 5.79. The molecule has 2 fully saturated rings. The first-order valence-electron chi connectivity index (χ1n) is 9.98. The van der Waals surface area contributed by atoms with E-state index in [1.807, 2.05) is 32.0 Å². The molecule has 2 aromatic rings. The van der Waals surface area contributed by atoms with E-state index in [9.17, 15) is 22.8 Å². The van der Waals surface area contributed by atoms with E-state index < -0.39 is 23.8 Å². The molecular weight excluding hydrogens is 411 g/mol. The van der Waals surface area contributed by atoms with Gasteiger partial charge in [-0.1, -0.05) is 6.07 Å². The number of aromatic nitrogens is 1. The highest BCUT2D eigenvalue weighted by Crippen LogP contribution is 2.32. The number of nitrogens with zero attached hydrogens (tertiary/aromatic N) is 3. The lowest BCUT2D eigenvalue weighted by Crippen LogP contribution is -2.57. The van der Waals surface area contributed by atoms with Crippen LogP contribution in [-0.2, 0) is 15.8 Å². The highest BCUT2D eigenvalue weighted by molar-refractivity contribution is 6.00. The maximum atomic E-state index is 12.8. The van der Waals surface area contributed by atoms with Crippen LogP contribution >= 0.6 is 0 Å². The maximum Gasteiger partial charge on any atom is 0.416 e. The second-order valence-corrected chi connectivity index (χ2v) is 8.04. The Morgan fingerprint density at radius 1 is 1.10 bits per heavy atom. The minimum Gasteiger partial charge on any atom is -0.471 e. The third kappa shape index (κ3) is 4.35. The molecular formula is C22H22F3N3O3. The van der Waals surface area contributed by atoms with Gasteiger partial charge in [0.25, 0.3) is 0 Å². The monoisotopic (exact) mass is 433 g/mol. The number of halogens is 3. The summed E-state index contributed by atoms with van der Waals surface area (Å²) in [6, 6.07) is 7.49. The van der Waals surface area contributed by atoms with Crippen molar-refractivity contribution in [1.82, 2.24) is 9.88 Å². The molecule has 1 aromatic heterocycles. The van der Waals surface area contributed by atoms with E-state index in [0.29, 0.717) is 6.54 Å². The fraction of sp³-hybridized carbons (Fsp3) is 0.409. The van der Waals surface area contributed by atoms with Crippen LogP contribution in [0.25, 0.3) is 0 Å². The molecule has 0 spiro atoms. The van der Waals surface area contributed by atoms with Crippen molar-refractivity contribution in [3.05, 3.63) is 53.2 Å². The van der Waals surface area contributed by atoms with Crippen molar-refractivity contribution >= 4 is 17.5 Å². The maximum absolute atomic E-state index is 12.8. The number of ether oxygens (including phenoxy) is 1. The van der Waals surface area contributed by atoms with E-state index in [-0.39, 0.29) is 37.2 Å². The van der Waals surface area contributed by atoms with Crippen LogP contribution in [0.3, 0.4) is 0 Å². The summed E-state index contributed by atoms with van der Waals surface area (Å²) < 4.78 is 43.9. The summed E-state index contributed by atoms with van der Waals surface area (Å²) in [6.45, 7) is 4.80. The number of carbonyl (C=O) groups excluding carboxylic acids is 2. The van der Waals surface area contributed by atoms with Crippen LogP contribution in [-0.4, -0.2) is 47.4 Å². The van der Waals surface area contributed by atoms with Crippen LogP contribution < -0.4 is 9.64 Å². The number of anilines is 1. The van der Waals surface area contributed by atoms with Crippen molar-refractivity contribution in [1.29, 1.82) is 0 Å². The molecule has 9 heteroatoms. The molecule has 0 radical (unpaired) electrons. The zero-order valence-corrected chi connectivity index (χ0v) is 17.1. The van der Waals surface area contributed by atoms with Crippen LogP contribution in [0, 0.1) is 19.8 Å². The van der Waals surface area contributed by atoms with Gasteiger partial charge >= 0.3 is 6.18 Å². The van der Waals surface area contributed by atoms with Crippen molar-refractivity contribution < 1.29 is 27.5 Å². The number of pyridine rings is 1. The SMILES string of the molecule is Cc1ccc(N2CC(C(=O)N3CC(Oc4cc(C(F)(F)F)ccn4)C3)CC2=O)cc1C. The lowest BCUT2D eigenvalue weighted by Gasteiger charge is -2.39. The van der Waals surface area contributed by atoms with E-state index >= 15 is 0 Å². The van der Waals surface area contributed by atoms with Crippen LogP contribution in [0.5, 0.6) is 5.88 Å². The molecule has 2 amide bonds. The molecule has 0 bridgehead atoms. The summed E-state index contributed by atoms with van der Waals surface area (Å²) in [7, 11) is 0. The van der Waals surface area contributed by atoms with Crippen molar-refractivity contribution in [2.45, 2.75) is 32.5 Å². The van der Waals surface area contributed by atoms with Gasteiger partial charge < -0.3 is 14.5 Å². The van der Waals surface area contributed by atoms with Crippen LogP contribution in [0.15, 0.2) is 36.5 Å². The van der Waals surface area contributed by atoms with Crippen LogP contribution in [0.4, 0.5) is 18.9 Å². The van der Waals surface area contributed by atoms with E-state index in [4.69, 9.17) is 4.74 Å². The molecule has 0 saturated carbocycles. The fourth-order valence-corrected chi connectivity index (χ4v) is 3.79. The second-order valence-electron chi connectivity index (χ2n) is 8.04. The number of hydrogen-bond acceptors (Lipinski definition) is 4. The van der Waals surface area contributed by atoms with E-state index in [0.717, 1.165) is 35.1 Å². The molecule has 1 unspecified atom stereocenters. The molecule has 164 valence electrons. The highest BCUT2D eigenvalue weighted by Gasteiger charge is 2.42. The van der Waals surface area contributed by atoms with Gasteiger partial charge in [-0.15, -0.1) is 0 Å². The van der Waals surface area contributed by atoms with Crippen molar-refractivity contribution in [2.24, 2.45) is 5.92 Å². The number of benzene rings is 1. The van der Waals surface area contributed by atoms with Gasteiger partial charge in [-0.05, 0) is 43.2 Å². The van der Waals surface area contributed by atoms with Gasteiger partial charge in [0.05, 0.1) is 24.6 Å². The first kappa shape index (κ1) is 21.1. The number of rotatable bonds is 4. The summed E-state index contributed by atoms with van der Waals surface area (Å²) in [5.74, 6) is -0.801. The fourth-order valence-electron chi connectivity index (χ4n) is 3.79. The van der Waals surface area contributed by atoms with E-state index in [1.165, 1.54) is 0 Å². The summed E-state index contributed by atoms with van der Waals surface area (Å²) >= 11 is 0. The standard InChI is InChI=1S/C22H22F3N3O3/c1-13-3-4-17(7-14(13)2)28-10-15(8-20(28)29)21(30)27-11-18(12-27)31-19-9-16(5-6-26-19)22(23,24)25/h3-7,9,15,18H,8,10-12H2,1-2H3. The molecule has 6 nitrogen and oxygen atoms in total. The number of likely N-dealkylation sites (tertiary alicyclic amines) is 1. The molecule has 1 atom stereocenters. The zero-order chi connectivity index (χ0) is 22.3. The first-order valence-corrected chi connectivity index (χ1v) is 9.98. The van der Waals surface area contributed by atoms with Gasteiger partial charge in [0.15, 0.2) is 0 Å². The Hall–Kier alpha value is -3.10. The van der Waals surface area contributed by atoms with Crippen molar-refractivity contribution in [3.63, 3.8) is 0 Å². The Kier molecular flexibility index (Phi) is 5.36. The minimum atomic E-state index is -4.47. The third-order valence-corrected chi connectivity index (χ3v) is 5.79. The van der Waals surface area contributed by atoms with Gasteiger partial charge in [-0.2, -0.15) is 13.2 Å².